The van der Waals surface area contributed by atoms with E-state index in [0.29, 0.717) is 19.1 Å². The summed E-state index contributed by atoms with van der Waals surface area (Å²) in [6.45, 7) is 0.545. The second-order valence-electron chi connectivity index (χ2n) is 7.07. The van der Waals surface area contributed by atoms with E-state index in [-0.39, 0.29) is 18.3 Å². The molecule has 27 heavy (non-hydrogen) atoms. The van der Waals surface area contributed by atoms with Crippen LogP contribution in [0.25, 0.3) is 0 Å². The van der Waals surface area contributed by atoms with Crippen LogP contribution in [0.5, 0.6) is 5.75 Å². The number of halogens is 1. The van der Waals surface area contributed by atoms with E-state index in [2.05, 4.69) is 5.32 Å². The standard InChI is InChI=1S/C22H28N2O2.ClH/c23-21(22(25)24-19-9-5-2-6-10-19)15-17-11-13-20(14-12-17)26-16-18-7-3-1-4-8-18;/h1,3-4,7-8,11-14,19,21H,2,5-6,9-10,15-16,23H2,(H,24,25);1H/t21-;/m0./s1. The summed E-state index contributed by atoms with van der Waals surface area (Å²) in [5.74, 6) is 0.777. The molecule has 0 bridgehead atoms. The van der Waals surface area contributed by atoms with Crippen LogP contribution in [0.4, 0.5) is 0 Å². The van der Waals surface area contributed by atoms with E-state index < -0.39 is 6.04 Å². The topological polar surface area (TPSA) is 64.3 Å². The molecule has 0 heterocycles. The highest BCUT2D eigenvalue weighted by molar-refractivity contribution is 5.85. The van der Waals surface area contributed by atoms with Crippen molar-refractivity contribution in [1.82, 2.24) is 5.32 Å². The first kappa shape index (κ1) is 21.3. The molecule has 1 saturated carbocycles. The monoisotopic (exact) mass is 388 g/mol. The van der Waals surface area contributed by atoms with E-state index in [9.17, 15) is 4.79 Å². The summed E-state index contributed by atoms with van der Waals surface area (Å²) >= 11 is 0. The molecule has 146 valence electrons. The molecular weight excluding hydrogens is 360 g/mol. The predicted molar refractivity (Wildman–Crippen MR) is 111 cm³/mol. The van der Waals surface area contributed by atoms with Gasteiger partial charge in [-0.2, -0.15) is 0 Å². The average Bonchev–Trinajstić information content (AvgIpc) is 2.69. The van der Waals surface area contributed by atoms with E-state index in [1.54, 1.807) is 0 Å². The number of hydrogen-bond acceptors (Lipinski definition) is 3. The highest BCUT2D eigenvalue weighted by atomic mass is 35.5. The van der Waals surface area contributed by atoms with Crippen molar-refractivity contribution in [3.63, 3.8) is 0 Å². The molecule has 2 aromatic rings. The van der Waals surface area contributed by atoms with Gasteiger partial charge in [-0.3, -0.25) is 4.79 Å². The fourth-order valence-electron chi connectivity index (χ4n) is 3.36. The highest BCUT2D eigenvalue weighted by Crippen LogP contribution is 2.18. The molecule has 1 amide bonds. The van der Waals surface area contributed by atoms with Crippen LogP contribution in [0.1, 0.15) is 43.2 Å². The summed E-state index contributed by atoms with van der Waals surface area (Å²) in [7, 11) is 0. The lowest BCUT2D eigenvalue weighted by molar-refractivity contribution is -0.123. The third kappa shape index (κ3) is 6.89. The normalized spacial score (nSPS) is 15.4. The van der Waals surface area contributed by atoms with Crippen LogP contribution < -0.4 is 15.8 Å². The predicted octanol–water partition coefficient (Wildman–Crippen LogP) is 4.01. The fraction of sp³-hybridized carbons (Fsp3) is 0.409. The third-order valence-electron chi connectivity index (χ3n) is 4.92. The summed E-state index contributed by atoms with van der Waals surface area (Å²) in [6, 6.07) is 17.7. The number of carbonyl (C=O) groups excluding carboxylic acids is 1. The fourth-order valence-corrected chi connectivity index (χ4v) is 3.36. The van der Waals surface area contributed by atoms with Crippen molar-refractivity contribution < 1.29 is 9.53 Å². The van der Waals surface area contributed by atoms with Crippen LogP contribution in [0, 0.1) is 0 Å². The van der Waals surface area contributed by atoms with Gasteiger partial charge in [0.2, 0.25) is 5.91 Å². The molecule has 0 radical (unpaired) electrons. The van der Waals surface area contributed by atoms with Crippen molar-refractivity contribution in [2.45, 2.75) is 57.2 Å². The summed E-state index contributed by atoms with van der Waals surface area (Å²) in [6.07, 6.45) is 6.36. The van der Waals surface area contributed by atoms with Gasteiger partial charge in [0.05, 0.1) is 6.04 Å². The zero-order valence-electron chi connectivity index (χ0n) is 15.6. The minimum absolute atomic E-state index is 0. The lowest BCUT2D eigenvalue weighted by Crippen LogP contribution is -2.46. The van der Waals surface area contributed by atoms with Crippen molar-refractivity contribution >= 4 is 18.3 Å². The first-order valence-electron chi connectivity index (χ1n) is 9.52. The van der Waals surface area contributed by atoms with Crippen LogP contribution in [-0.2, 0) is 17.8 Å². The van der Waals surface area contributed by atoms with Gasteiger partial charge in [0.1, 0.15) is 12.4 Å². The van der Waals surface area contributed by atoms with Crippen molar-refractivity contribution in [2.75, 3.05) is 0 Å². The SMILES string of the molecule is Cl.N[C@@H](Cc1ccc(OCc2ccccc2)cc1)C(=O)NC1CCCCC1. The third-order valence-corrected chi connectivity index (χ3v) is 4.92. The van der Waals surface area contributed by atoms with Crippen LogP contribution >= 0.6 is 12.4 Å². The van der Waals surface area contributed by atoms with Crippen molar-refractivity contribution in [1.29, 1.82) is 0 Å². The molecule has 3 N–H and O–H groups in total. The van der Waals surface area contributed by atoms with Gasteiger partial charge in [0.15, 0.2) is 0 Å². The lowest BCUT2D eigenvalue weighted by atomic mass is 9.95. The van der Waals surface area contributed by atoms with E-state index in [0.717, 1.165) is 29.7 Å². The first-order valence-corrected chi connectivity index (χ1v) is 9.52. The Bertz CT molecular complexity index is 685. The maximum atomic E-state index is 12.3. The first-order chi connectivity index (χ1) is 12.7. The zero-order chi connectivity index (χ0) is 18.2. The van der Waals surface area contributed by atoms with Crippen LogP contribution in [0.2, 0.25) is 0 Å². The molecule has 1 atom stereocenters. The minimum atomic E-state index is -0.506. The molecule has 1 fully saturated rings. The van der Waals surface area contributed by atoms with Gasteiger partial charge in [-0.15, -0.1) is 12.4 Å². The summed E-state index contributed by atoms with van der Waals surface area (Å²) in [5, 5.41) is 3.10. The number of hydrogen-bond donors (Lipinski definition) is 2. The molecule has 0 saturated heterocycles. The molecule has 0 unspecified atom stereocenters. The number of carbonyl (C=O) groups is 1. The Labute approximate surface area is 167 Å². The molecule has 5 heteroatoms. The van der Waals surface area contributed by atoms with Crippen molar-refractivity contribution in [3.8, 4) is 5.75 Å². The molecule has 0 aromatic heterocycles. The Kier molecular flexibility index (Phi) is 8.62. The van der Waals surface area contributed by atoms with Crippen molar-refractivity contribution in [3.05, 3.63) is 65.7 Å². The molecule has 2 aromatic carbocycles. The van der Waals surface area contributed by atoms with Gasteiger partial charge in [0.25, 0.3) is 0 Å². The van der Waals surface area contributed by atoms with E-state index >= 15 is 0 Å². The van der Waals surface area contributed by atoms with Crippen LogP contribution in [0.15, 0.2) is 54.6 Å². The quantitative estimate of drug-likeness (QED) is 0.753. The lowest BCUT2D eigenvalue weighted by Gasteiger charge is -2.24. The average molecular weight is 389 g/mol. The molecular formula is C22H29ClN2O2. The molecule has 1 aliphatic carbocycles. The molecule has 3 rings (SSSR count). The maximum Gasteiger partial charge on any atom is 0.237 e. The summed E-state index contributed by atoms with van der Waals surface area (Å²) in [4.78, 5) is 12.3. The van der Waals surface area contributed by atoms with Crippen LogP contribution in [-0.4, -0.2) is 18.0 Å². The Morgan fingerprint density at radius 1 is 1.00 bits per heavy atom. The highest BCUT2D eigenvalue weighted by Gasteiger charge is 2.20. The summed E-state index contributed by atoms with van der Waals surface area (Å²) in [5.41, 5.74) is 8.28. The van der Waals surface area contributed by atoms with E-state index in [1.807, 2.05) is 54.6 Å². The van der Waals surface area contributed by atoms with Crippen LogP contribution in [0.3, 0.4) is 0 Å². The second kappa shape index (κ2) is 11.0. The second-order valence-corrected chi connectivity index (χ2v) is 7.07. The molecule has 0 spiro atoms. The number of nitrogens with one attached hydrogen (secondary N) is 1. The Morgan fingerprint density at radius 3 is 2.33 bits per heavy atom. The number of nitrogens with two attached hydrogens (primary N) is 1. The van der Waals surface area contributed by atoms with Gasteiger partial charge in [-0.25, -0.2) is 0 Å². The largest absolute Gasteiger partial charge is 0.489 e. The minimum Gasteiger partial charge on any atom is -0.489 e. The Hall–Kier alpha value is -2.04. The number of benzene rings is 2. The van der Waals surface area contributed by atoms with Gasteiger partial charge < -0.3 is 15.8 Å². The van der Waals surface area contributed by atoms with Gasteiger partial charge in [-0.05, 0) is 42.5 Å². The molecule has 0 aliphatic heterocycles. The Balaban J connectivity index is 0.00000261. The Morgan fingerprint density at radius 2 is 1.67 bits per heavy atom. The van der Waals surface area contributed by atoms with Gasteiger partial charge in [0, 0.05) is 6.04 Å². The zero-order valence-corrected chi connectivity index (χ0v) is 16.4. The van der Waals surface area contributed by atoms with Gasteiger partial charge >= 0.3 is 0 Å². The number of amides is 1. The summed E-state index contributed by atoms with van der Waals surface area (Å²) < 4.78 is 5.79. The van der Waals surface area contributed by atoms with E-state index in [4.69, 9.17) is 10.5 Å². The number of ether oxygens (including phenoxy) is 1. The van der Waals surface area contributed by atoms with Gasteiger partial charge in [-0.1, -0.05) is 61.7 Å². The molecule has 4 nitrogen and oxygen atoms in total. The molecule has 1 aliphatic rings. The van der Waals surface area contributed by atoms with Crippen molar-refractivity contribution in [2.24, 2.45) is 5.73 Å². The number of rotatable bonds is 7. The van der Waals surface area contributed by atoms with E-state index in [1.165, 1.54) is 19.3 Å². The maximum absolute atomic E-state index is 12.3. The smallest absolute Gasteiger partial charge is 0.237 e.